The SMILES string of the molecule is CCCOc1ccccc1C(=O)Nc1ccc(Cl)c(C(F)(F)F)c1.CCOc1cccc(O)c1C(=O)Nc1ccccc1.CCOc1cccc(OCCN(C)C)c1C(=O)Nc1cccc(C(F)(F)F)n1.CN(C)CCOc1cccc(F)c1C(=O)Nc1ccc(Cl)c(C(F)(F)F)c1. The van der Waals surface area contributed by atoms with Crippen molar-refractivity contribution in [1.82, 2.24) is 14.8 Å². The van der Waals surface area contributed by atoms with E-state index in [4.69, 9.17) is 46.9 Å². The van der Waals surface area contributed by atoms with Gasteiger partial charge in [-0.2, -0.15) is 39.5 Å². The largest absolute Gasteiger partial charge is 0.507 e. The summed E-state index contributed by atoms with van der Waals surface area (Å²) in [7, 11) is 7.41. The number of likely N-dealkylation sites (N-methyl/N-ethyl adjacent to an activating group) is 2. The Bertz CT molecular complexity index is 3940. The maximum absolute atomic E-state index is 14.2. The predicted molar refractivity (Wildman–Crippen MR) is 354 cm³/mol. The molecule has 0 fully saturated rings. The molecule has 0 atom stereocenters. The number of phenols is 1. The highest BCUT2D eigenvalue weighted by molar-refractivity contribution is 6.32. The molecule has 0 spiro atoms. The first-order valence-electron chi connectivity index (χ1n) is 29.7. The van der Waals surface area contributed by atoms with E-state index in [0.717, 1.165) is 36.8 Å². The number of hydrogen-bond donors (Lipinski definition) is 5. The van der Waals surface area contributed by atoms with Gasteiger partial charge in [-0.05, 0) is 158 Å². The lowest BCUT2D eigenvalue weighted by Crippen LogP contribution is -2.21. The summed E-state index contributed by atoms with van der Waals surface area (Å²) >= 11 is 11.1. The van der Waals surface area contributed by atoms with Gasteiger partial charge in [-0.15, -0.1) is 0 Å². The van der Waals surface area contributed by atoms with E-state index < -0.39 is 74.8 Å². The number of nitrogens with zero attached hydrogens (tertiary/aromatic N) is 3. The zero-order chi connectivity index (χ0) is 72.3. The highest BCUT2D eigenvalue weighted by atomic mass is 35.5. The number of nitrogens with one attached hydrogen (secondary N) is 4. The third-order valence-electron chi connectivity index (χ3n) is 12.8. The molecule has 0 saturated heterocycles. The normalized spacial score (nSPS) is 11.1. The number of benzene rings is 7. The van der Waals surface area contributed by atoms with Crippen molar-refractivity contribution in [2.45, 2.75) is 45.7 Å². The Hall–Kier alpha value is -9.83. The lowest BCUT2D eigenvalue weighted by molar-refractivity contribution is -0.141. The number of pyridine rings is 1. The van der Waals surface area contributed by atoms with Crippen molar-refractivity contribution >= 4 is 69.7 Å². The molecule has 8 aromatic rings. The first-order valence-corrected chi connectivity index (χ1v) is 30.5. The number of anilines is 4. The molecule has 29 heteroatoms. The number of carbonyl (C=O) groups is 4. The standard InChI is InChI=1S/C19H22F3N3O3.C18H17ClF4N2O2.C17H15ClF3NO2.C15H15NO3/c1-4-27-13-7-5-8-14(28-12-11-25(2)3)17(13)18(26)24-16-10-6-9-15(23-16)19(20,21)22;1-25(2)8-9-27-15-5-3-4-14(20)16(15)17(26)24-11-6-7-13(19)12(10-11)18(21,22)23;1-2-9-24-15-6-4-3-5-12(15)16(23)22-11-7-8-14(18)13(10-11)17(19,20)21;1-2-19-13-10-6-9-12(17)14(13)15(18)16-11-7-4-3-5-8-11/h5-10H,4,11-12H2,1-3H3,(H,23,24,26);3-7,10H,8-9H2,1-2H3,(H,24,26);3-8,10H,2,9H2,1H3,(H,22,23);3-10,17H,2H2,1H3,(H,16,18). The molecule has 524 valence electrons. The molecule has 0 bridgehead atoms. The zero-order valence-electron chi connectivity index (χ0n) is 53.7. The van der Waals surface area contributed by atoms with Crippen molar-refractivity contribution < 1.29 is 91.9 Å². The summed E-state index contributed by atoms with van der Waals surface area (Å²) in [6.45, 7) is 8.36. The summed E-state index contributed by atoms with van der Waals surface area (Å²) in [6.07, 6.45) is -13.1. The molecule has 98 heavy (non-hydrogen) atoms. The van der Waals surface area contributed by atoms with Gasteiger partial charge in [0.1, 0.15) is 81.7 Å². The average molecular weight is 1420 g/mol. The quantitative estimate of drug-likeness (QED) is 0.0379. The minimum Gasteiger partial charge on any atom is -0.507 e. The van der Waals surface area contributed by atoms with Gasteiger partial charge in [0, 0.05) is 30.2 Å². The molecule has 1 aromatic heterocycles. The van der Waals surface area contributed by atoms with Crippen LogP contribution in [0.4, 0.5) is 66.8 Å². The zero-order valence-corrected chi connectivity index (χ0v) is 55.3. The predicted octanol–water partition coefficient (Wildman–Crippen LogP) is 16.8. The van der Waals surface area contributed by atoms with Gasteiger partial charge in [-0.3, -0.25) is 19.2 Å². The van der Waals surface area contributed by atoms with E-state index in [-0.39, 0.29) is 69.1 Å². The number of ether oxygens (including phenoxy) is 5. The fourth-order valence-corrected chi connectivity index (χ4v) is 8.71. The number of halogens is 12. The smallest absolute Gasteiger partial charge is 0.433 e. The summed E-state index contributed by atoms with van der Waals surface area (Å²) in [5, 5.41) is 18.7. The lowest BCUT2D eigenvalue weighted by Gasteiger charge is -2.17. The number of phenolic OH excluding ortho intramolecular Hbond substituents is 1. The van der Waals surface area contributed by atoms with E-state index in [1.165, 1.54) is 42.5 Å². The van der Waals surface area contributed by atoms with E-state index in [1.807, 2.05) is 70.0 Å². The molecule has 0 aliphatic carbocycles. The minimum atomic E-state index is -4.68. The topological polar surface area (TPSA) is 202 Å². The van der Waals surface area contributed by atoms with Crippen molar-refractivity contribution in [3.8, 4) is 34.5 Å². The van der Waals surface area contributed by atoms with E-state index in [9.17, 15) is 68.2 Å². The molecule has 0 unspecified atom stereocenters. The van der Waals surface area contributed by atoms with Gasteiger partial charge in [0.05, 0.1) is 46.6 Å². The highest BCUT2D eigenvalue weighted by Gasteiger charge is 2.36. The Morgan fingerprint density at radius 2 is 0.878 bits per heavy atom. The number of para-hydroxylation sites is 2. The number of alkyl halides is 9. The van der Waals surface area contributed by atoms with Crippen LogP contribution in [0.15, 0.2) is 164 Å². The molecule has 0 saturated carbocycles. The Morgan fingerprint density at radius 1 is 0.449 bits per heavy atom. The summed E-state index contributed by atoms with van der Waals surface area (Å²) in [5.41, 5.74) is -2.59. The van der Waals surface area contributed by atoms with Crippen LogP contribution in [0.2, 0.25) is 10.0 Å². The molecule has 8 rings (SSSR count). The molecule has 17 nitrogen and oxygen atoms in total. The Morgan fingerprint density at radius 3 is 1.40 bits per heavy atom. The van der Waals surface area contributed by atoms with E-state index in [1.54, 1.807) is 73.7 Å². The van der Waals surface area contributed by atoms with Crippen molar-refractivity contribution in [2.75, 3.05) is 95.6 Å². The molecular formula is C69H69Cl2F10N7O10. The second-order valence-corrected chi connectivity index (χ2v) is 21.7. The highest BCUT2D eigenvalue weighted by Crippen LogP contribution is 2.39. The second kappa shape index (κ2) is 37.6. The van der Waals surface area contributed by atoms with E-state index >= 15 is 0 Å². The van der Waals surface area contributed by atoms with Gasteiger partial charge >= 0.3 is 18.5 Å². The van der Waals surface area contributed by atoms with Gasteiger partial charge in [0.2, 0.25) is 0 Å². The van der Waals surface area contributed by atoms with Crippen molar-refractivity contribution in [2.24, 2.45) is 0 Å². The number of carbonyl (C=O) groups excluding carboxylic acids is 4. The third-order valence-corrected chi connectivity index (χ3v) is 13.5. The molecule has 5 N–H and O–H groups in total. The number of rotatable bonds is 23. The minimum absolute atomic E-state index is 0.000594. The fourth-order valence-electron chi connectivity index (χ4n) is 8.26. The van der Waals surface area contributed by atoms with Crippen LogP contribution < -0.4 is 45.0 Å². The molecular weight excluding hydrogens is 1350 g/mol. The third kappa shape index (κ3) is 24.7. The molecule has 0 radical (unpaired) electrons. The summed E-state index contributed by atoms with van der Waals surface area (Å²) < 4.78 is 158. The van der Waals surface area contributed by atoms with Gasteiger partial charge in [0.25, 0.3) is 23.6 Å². The number of hydrogen-bond acceptors (Lipinski definition) is 13. The Labute approximate surface area is 568 Å². The number of amides is 4. The van der Waals surface area contributed by atoms with Crippen LogP contribution >= 0.6 is 23.2 Å². The lowest BCUT2D eigenvalue weighted by atomic mass is 10.1. The molecule has 1 heterocycles. The second-order valence-electron chi connectivity index (χ2n) is 20.9. The van der Waals surface area contributed by atoms with Crippen molar-refractivity contribution in [1.29, 1.82) is 0 Å². The van der Waals surface area contributed by atoms with Crippen LogP contribution in [-0.2, 0) is 18.5 Å². The Balaban J connectivity index is 0.000000238. The van der Waals surface area contributed by atoms with Crippen molar-refractivity contribution in [3.05, 3.63) is 219 Å². The Kier molecular flexibility index (Phi) is 30.3. The van der Waals surface area contributed by atoms with Crippen molar-refractivity contribution in [3.63, 3.8) is 0 Å². The van der Waals surface area contributed by atoms with Gasteiger partial charge in [0.15, 0.2) is 0 Å². The maximum atomic E-state index is 14.2. The van der Waals surface area contributed by atoms with Crippen LogP contribution in [0.3, 0.4) is 0 Å². The fraction of sp³-hybridized carbons (Fsp3) is 0.261. The van der Waals surface area contributed by atoms with Crippen LogP contribution in [-0.4, -0.2) is 118 Å². The van der Waals surface area contributed by atoms with E-state index in [2.05, 4.69) is 26.3 Å². The van der Waals surface area contributed by atoms with E-state index in [0.29, 0.717) is 62.8 Å². The number of aromatic nitrogens is 1. The van der Waals surface area contributed by atoms with Crippen LogP contribution in [0, 0.1) is 5.82 Å². The monoisotopic (exact) mass is 1420 g/mol. The van der Waals surface area contributed by atoms with Crippen LogP contribution in [0.25, 0.3) is 0 Å². The summed E-state index contributed by atoms with van der Waals surface area (Å²) in [4.78, 5) is 57.0. The first kappa shape index (κ1) is 78.9. The molecule has 4 amide bonds. The molecule has 0 aliphatic rings. The summed E-state index contributed by atoms with van der Waals surface area (Å²) in [6, 6.07) is 38.5. The average Bonchev–Trinajstić information content (AvgIpc) is 0.839. The molecule has 7 aromatic carbocycles. The maximum Gasteiger partial charge on any atom is 0.433 e. The summed E-state index contributed by atoms with van der Waals surface area (Å²) in [5.74, 6) is -2.42. The van der Waals surface area contributed by atoms with Crippen LogP contribution in [0.5, 0.6) is 34.5 Å². The van der Waals surface area contributed by atoms with Gasteiger partial charge in [-0.1, -0.05) is 84.7 Å². The number of aromatic hydroxyl groups is 1. The molecule has 0 aliphatic heterocycles. The van der Waals surface area contributed by atoms with Gasteiger partial charge < -0.3 is 59.9 Å². The van der Waals surface area contributed by atoms with Crippen LogP contribution in [0.1, 0.15) is 85.4 Å². The first-order chi connectivity index (χ1) is 46.4. The van der Waals surface area contributed by atoms with Gasteiger partial charge in [-0.25, -0.2) is 9.37 Å².